The minimum atomic E-state index is 0.749. The molecular formula is C6H11N3. The lowest BCUT2D eigenvalue weighted by atomic mass is 10.5. The summed E-state index contributed by atoms with van der Waals surface area (Å²) in [6.45, 7) is 2.73. The summed E-state index contributed by atoms with van der Waals surface area (Å²) in [5.41, 5.74) is 0. The number of amidine groups is 2. The maximum absolute atomic E-state index is 4.18. The van der Waals surface area contributed by atoms with Crippen LogP contribution in [0.5, 0.6) is 0 Å². The highest BCUT2D eigenvalue weighted by Gasteiger charge is 2.13. The predicted octanol–water partition coefficient (Wildman–Crippen LogP) is 0.379. The number of rotatable bonds is 0. The number of hydrogen-bond donors (Lipinski definition) is 0. The van der Waals surface area contributed by atoms with Crippen LogP contribution in [0.4, 0.5) is 0 Å². The van der Waals surface area contributed by atoms with Crippen molar-refractivity contribution >= 4 is 11.7 Å². The molecule has 0 N–H and O–H groups in total. The summed E-state index contributed by atoms with van der Waals surface area (Å²) in [6, 6.07) is 0. The summed E-state index contributed by atoms with van der Waals surface area (Å²) in [4.78, 5) is 10.2. The van der Waals surface area contributed by atoms with Crippen LogP contribution in [-0.4, -0.2) is 37.2 Å². The maximum atomic E-state index is 4.18. The molecule has 1 rings (SSSR count). The Morgan fingerprint density at radius 1 is 1.67 bits per heavy atom. The summed E-state index contributed by atoms with van der Waals surface area (Å²) in [5.74, 6) is 2.10. The van der Waals surface area contributed by atoms with Crippen LogP contribution in [0, 0.1) is 0 Å². The van der Waals surface area contributed by atoms with Gasteiger partial charge in [0.15, 0.2) is 0 Å². The highest BCUT2D eigenvalue weighted by Crippen LogP contribution is 1.99. The summed E-state index contributed by atoms with van der Waals surface area (Å²) in [6.07, 6.45) is 0. The Hall–Kier alpha value is -0.860. The molecule has 0 aromatic heterocycles. The van der Waals surface area contributed by atoms with E-state index >= 15 is 0 Å². The predicted molar refractivity (Wildman–Crippen MR) is 39.1 cm³/mol. The van der Waals surface area contributed by atoms with Crippen LogP contribution in [0.1, 0.15) is 6.92 Å². The second-order valence-corrected chi connectivity index (χ2v) is 2.06. The Balaban J connectivity index is 2.73. The van der Waals surface area contributed by atoms with Gasteiger partial charge in [0, 0.05) is 14.1 Å². The van der Waals surface area contributed by atoms with Gasteiger partial charge in [0.1, 0.15) is 11.7 Å². The molecule has 0 amide bonds. The summed E-state index contributed by atoms with van der Waals surface area (Å²) < 4.78 is 0. The van der Waals surface area contributed by atoms with Crippen molar-refractivity contribution in [1.82, 2.24) is 4.90 Å². The van der Waals surface area contributed by atoms with Gasteiger partial charge in [-0.05, 0) is 6.92 Å². The molecule has 0 aliphatic carbocycles. The first-order valence-corrected chi connectivity index (χ1v) is 2.96. The first-order chi connectivity index (χ1) is 4.25. The molecular weight excluding hydrogens is 114 g/mol. The van der Waals surface area contributed by atoms with Gasteiger partial charge >= 0.3 is 0 Å². The molecule has 0 saturated heterocycles. The average molecular weight is 125 g/mol. The third-order valence-electron chi connectivity index (χ3n) is 1.58. The highest BCUT2D eigenvalue weighted by atomic mass is 15.3. The number of likely N-dealkylation sites (N-methyl/N-ethyl adjacent to an activating group) is 1. The highest BCUT2D eigenvalue weighted by molar-refractivity contribution is 6.05. The van der Waals surface area contributed by atoms with E-state index in [0.29, 0.717) is 0 Å². The van der Waals surface area contributed by atoms with Crippen molar-refractivity contribution in [3.8, 4) is 0 Å². The molecule has 0 fully saturated rings. The van der Waals surface area contributed by atoms with Gasteiger partial charge in [0.25, 0.3) is 0 Å². The molecule has 0 unspecified atom stereocenters. The third-order valence-corrected chi connectivity index (χ3v) is 1.58. The Morgan fingerprint density at radius 3 is 2.56 bits per heavy atom. The van der Waals surface area contributed by atoms with Gasteiger partial charge in [0.2, 0.25) is 0 Å². The van der Waals surface area contributed by atoms with Gasteiger partial charge in [-0.2, -0.15) is 0 Å². The molecule has 0 bridgehead atoms. The van der Waals surface area contributed by atoms with E-state index in [-0.39, 0.29) is 0 Å². The molecule has 9 heavy (non-hydrogen) atoms. The van der Waals surface area contributed by atoms with E-state index in [2.05, 4.69) is 9.98 Å². The van der Waals surface area contributed by atoms with Crippen LogP contribution in [0.25, 0.3) is 0 Å². The van der Waals surface area contributed by atoms with Gasteiger partial charge in [-0.15, -0.1) is 0 Å². The molecule has 1 aliphatic heterocycles. The zero-order chi connectivity index (χ0) is 6.85. The molecule has 0 atom stereocenters. The molecule has 1 heterocycles. The van der Waals surface area contributed by atoms with Crippen molar-refractivity contribution < 1.29 is 0 Å². The van der Waals surface area contributed by atoms with Gasteiger partial charge < -0.3 is 4.90 Å². The third kappa shape index (κ3) is 0.943. The fraction of sp³-hybridized carbons (Fsp3) is 0.667. The van der Waals surface area contributed by atoms with Gasteiger partial charge in [-0.25, -0.2) is 0 Å². The fourth-order valence-electron chi connectivity index (χ4n) is 0.805. The van der Waals surface area contributed by atoms with Crippen LogP contribution in [0.2, 0.25) is 0 Å². The molecule has 0 aromatic carbocycles. The Labute approximate surface area is 55.1 Å². The Kier molecular flexibility index (Phi) is 1.51. The molecule has 50 valence electrons. The van der Waals surface area contributed by atoms with Crippen molar-refractivity contribution in [2.45, 2.75) is 6.92 Å². The Bertz CT molecular complexity index is 169. The van der Waals surface area contributed by atoms with E-state index in [1.807, 2.05) is 18.9 Å². The minimum absolute atomic E-state index is 0.749. The van der Waals surface area contributed by atoms with Gasteiger partial charge in [-0.1, -0.05) is 0 Å². The minimum Gasteiger partial charge on any atom is -0.320 e. The largest absolute Gasteiger partial charge is 0.320 e. The average Bonchev–Trinajstić information content (AvgIpc) is 2.15. The smallest absolute Gasteiger partial charge is 0.126 e. The maximum Gasteiger partial charge on any atom is 0.126 e. The second-order valence-electron chi connectivity index (χ2n) is 2.06. The molecule has 1 aliphatic rings. The normalized spacial score (nSPS) is 23.2. The van der Waals surface area contributed by atoms with E-state index in [1.54, 1.807) is 7.05 Å². The second kappa shape index (κ2) is 2.17. The summed E-state index contributed by atoms with van der Waals surface area (Å²) >= 11 is 0. The molecule has 0 radical (unpaired) electrons. The quantitative estimate of drug-likeness (QED) is 0.460. The SMILES string of the molecule is CN=C1CN=C(C)N1C. The fourth-order valence-corrected chi connectivity index (χ4v) is 0.805. The summed E-state index contributed by atoms with van der Waals surface area (Å²) in [7, 11) is 3.77. The van der Waals surface area contributed by atoms with Crippen molar-refractivity contribution in [3.05, 3.63) is 0 Å². The molecule has 0 aromatic rings. The monoisotopic (exact) mass is 125 g/mol. The molecule has 3 nitrogen and oxygen atoms in total. The van der Waals surface area contributed by atoms with Crippen molar-refractivity contribution in [3.63, 3.8) is 0 Å². The van der Waals surface area contributed by atoms with Crippen molar-refractivity contribution in [1.29, 1.82) is 0 Å². The zero-order valence-corrected chi connectivity index (χ0v) is 6.05. The van der Waals surface area contributed by atoms with Gasteiger partial charge in [0.05, 0.1) is 6.54 Å². The molecule has 0 saturated carbocycles. The van der Waals surface area contributed by atoms with Crippen LogP contribution in [0.3, 0.4) is 0 Å². The van der Waals surface area contributed by atoms with E-state index in [9.17, 15) is 0 Å². The topological polar surface area (TPSA) is 28.0 Å². The van der Waals surface area contributed by atoms with Crippen LogP contribution >= 0.6 is 0 Å². The first kappa shape index (κ1) is 6.26. The Morgan fingerprint density at radius 2 is 2.33 bits per heavy atom. The standard InChI is InChI=1S/C6H11N3/c1-5-8-4-6(7-2)9(5)3/h4H2,1-3H3. The first-order valence-electron chi connectivity index (χ1n) is 2.96. The number of hydrogen-bond acceptors (Lipinski definition) is 2. The van der Waals surface area contributed by atoms with Crippen LogP contribution in [0.15, 0.2) is 9.98 Å². The zero-order valence-electron chi connectivity index (χ0n) is 6.05. The van der Waals surface area contributed by atoms with E-state index in [1.165, 1.54) is 0 Å². The number of aliphatic imine (C=N–C) groups is 2. The van der Waals surface area contributed by atoms with Crippen LogP contribution < -0.4 is 0 Å². The van der Waals surface area contributed by atoms with E-state index < -0.39 is 0 Å². The molecule has 0 spiro atoms. The van der Waals surface area contributed by atoms with Gasteiger partial charge in [-0.3, -0.25) is 9.98 Å². The lowest BCUT2D eigenvalue weighted by molar-refractivity contribution is 0.762. The number of nitrogens with zero attached hydrogens (tertiary/aromatic N) is 3. The van der Waals surface area contributed by atoms with Crippen molar-refractivity contribution in [2.75, 3.05) is 20.6 Å². The lowest BCUT2D eigenvalue weighted by Gasteiger charge is -2.10. The van der Waals surface area contributed by atoms with E-state index in [4.69, 9.17) is 0 Å². The lowest BCUT2D eigenvalue weighted by Crippen LogP contribution is -2.26. The molecule has 3 heteroatoms. The van der Waals surface area contributed by atoms with E-state index in [0.717, 1.165) is 18.2 Å². The van der Waals surface area contributed by atoms with Crippen LogP contribution in [-0.2, 0) is 0 Å². The van der Waals surface area contributed by atoms with Crippen molar-refractivity contribution in [2.24, 2.45) is 9.98 Å². The summed E-state index contributed by atoms with van der Waals surface area (Å²) in [5, 5.41) is 0.